The van der Waals surface area contributed by atoms with Gasteiger partial charge >= 0.3 is 0 Å². The topological polar surface area (TPSA) is 41.6 Å². The lowest BCUT2D eigenvalue weighted by atomic mass is 9.99. The minimum atomic E-state index is 0.952. The van der Waals surface area contributed by atoms with Crippen LogP contribution in [0.4, 0.5) is 0 Å². The first-order valence-electron chi connectivity index (χ1n) is 6.94. The molecule has 98 valence electrons. The molecule has 0 unspecified atom stereocenters. The number of rotatable bonds is 0. The summed E-state index contributed by atoms with van der Waals surface area (Å²) in [6, 6.07) is 16.9. The first kappa shape index (κ1) is 10.8. The molecule has 3 heteroatoms. The van der Waals surface area contributed by atoms with Crippen LogP contribution in [0.25, 0.3) is 43.5 Å². The fourth-order valence-electron chi connectivity index (χ4n) is 3.19. The molecule has 3 aromatic carbocycles. The Hall–Kier alpha value is -2.94. The molecule has 0 fully saturated rings. The van der Waals surface area contributed by atoms with E-state index in [1.165, 1.54) is 21.5 Å². The predicted molar refractivity (Wildman–Crippen MR) is 86.4 cm³/mol. The fourth-order valence-corrected chi connectivity index (χ4v) is 3.19. The second kappa shape index (κ2) is 3.79. The molecule has 5 aromatic rings. The second-order valence-corrected chi connectivity index (χ2v) is 5.27. The normalized spacial score (nSPS) is 11.8. The van der Waals surface area contributed by atoms with Crippen molar-refractivity contribution in [2.24, 2.45) is 0 Å². The third-order valence-electron chi connectivity index (χ3n) is 4.15. The van der Waals surface area contributed by atoms with E-state index in [1.54, 1.807) is 6.33 Å². The molecule has 5 rings (SSSR count). The molecular weight excluding hydrogens is 258 g/mol. The monoisotopic (exact) mass is 269 g/mol. The summed E-state index contributed by atoms with van der Waals surface area (Å²) >= 11 is 0. The number of H-pyrrole nitrogens is 1. The predicted octanol–water partition coefficient (Wildman–Crippen LogP) is 4.42. The average Bonchev–Trinajstić information content (AvgIpc) is 3.03. The number of benzene rings is 3. The highest BCUT2D eigenvalue weighted by Gasteiger charge is 2.09. The number of nitrogens with zero attached hydrogens (tertiary/aromatic N) is 2. The van der Waals surface area contributed by atoms with Crippen molar-refractivity contribution in [3.8, 4) is 0 Å². The fraction of sp³-hybridized carbons (Fsp3) is 0. The van der Waals surface area contributed by atoms with Gasteiger partial charge in [0.05, 0.1) is 11.0 Å². The molecule has 0 bridgehead atoms. The number of aromatic amines is 1. The molecule has 0 saturated heterocycles. The Labute approximate surface area is 120 Å². The minimum absolute atomic E-state index is 0.952. The maximum atomic E-state index is 4.41. The van der Waals surface area contributed by atoms with Gasteiger partial charge in [-0.15, -0.1) is 0 Å². The van der Waals surface area contributed by atoms with Crippen molar-refractivity contribution in [2.45, 2.75) is 0 Å². The van der Waals surface area contributed by atoms with Gasteiger partial charge in [-0.2, -0.15) is 0 Å². The van der Waals surface area contributed by atoms with E-state index in [2.05, 4.69) is 69.7 Å². The molecule has 0 radical (unpaired) electrons. The van der Waals surface area contributed by atoms with E-state index < -0.39 is 0 Å². The van der Waals surface area contributed by atoms with Crippen LogP contribution in [-0.4, -0.2) is 15.0 Å². The molecule has 0 aliphatic rings. The number of pyridine rings is 1. The number of hydrogen-bond acceptors (Lipinski definition) is 2. The van der Waals surface area contributed by atoms with Crippen LogP contribution in [0.5, 0.6) is 0 Å². The number of fused-ring (bicyclic) bond motifs is 7. The number of nitrogens with one attached hydrogen (secondary N) is 1. The average molecular weight is 269 g/mol. The molecule has 3 nitrogen and oxygen atoms in total. The zero-order chi connectivity index (χ0) is 13.8. The van der Waals surface area contributed by atoms with Gasteiger partial charge in [-0.3, -0.25) is 0 Å². The summed E-state index contributed by atoms with van der Waals surface area (Å²) in [4.78, 5) is 12.1. The van der Waals surface area contributed by atoms with Gasteiger partial charge in [-0.25, -0.2) is 9.97 Å². The third kappa shape index (κ3) is 1.37. The maximum absolute atomic E-state index is 4.41. The van der Waals surface area contributed by atoms with Gasteiger partial charge in [0, 0.05) is 27.9 Å². The Morgan fingerprint density at radius 3 is 2.67 bits per heavy atom. The summed E-state index contributed by atoms with van der Waals surface area (Å²) < 4.78 is 0. The molecule has 0 aliphatic carbocycles. The zero-order valence-electron chi connectivity index (χ0n) is 11.2. The summed E-state index contributed by atoms with van der Waals surface area (Å²) in [5.74, 6) is 0. The smallest absolute Gasteiger partial charge is 0.116 e. The van der Waals surface area contributed by atoms with Crippen LogP contribution < -0.4 is 0 Å². The molecule has 0 aliphatic heterocycles. The van der Waals surface area contributed by atoms with Gasteiger partial charge in [-0.05, 0) is 22.9 Å². The van der Waals surface area contributed by atoms with Gasteiger partial charge in [-0.1, -0.05) is 36.4 Å². The highest BCUT2D eigenvalue weighted by Crippen LogP contribution is 2.33. The lowest BCUT2D eigenvalue weighted by Crippen LogP contribution is -1.84. The van der Waals surface area contributed by atoms with Crippen LogP contribution in [0, 0.1) is 0 Å². The van der Waals surface area contributed by atoms with E-state index in [0.717, 1.165) is 21.9 Å². The van der Waals surface area contributed by atoms with Crippen molar-refractivity contribution in [3.63, 3.8) is 0 Å². The quantitative estimate of drug-likeness (QED) is 0.423. The van der Waals surface area contributed by atoms with E-state index >= 15 is 0 Å². The third-order valence-corrected chi connectivity index (χ3v) is 4.15. The van der Waals surface area contributed by atoms with E-state index in [4.69, 9.17) is 0 Å². The van der Waals surface area contributed by atoms with Crippen molar-refractivity contribution in [3.05, 3.63) is 61.1 Å². The molecule has 0 amide bonds. The molecular formula is C18H11N3. The Bertz CT molecular complexity index is 1140. The van der Waals surface area contributed by atoms with Crippen LogP contribution in [0.3, 0.4) is 0 Å². The highest BCUT2D eigenvalue weighted by atomic mass is 14.9. The molecule has 0 spiro atoms. The summed E-state index contributed by atoms with van der Waals surface area (Å²) in [5, 5.41) is 6.10. The van der Waals surface area contributed by atoms with E-state index in [9.17, 15) is 0 Å². The van der Waals surface area contributed by atoms with Crippen molar-refractivity contribution in [1.82, 2.24) is 15.0 Å². The molecule has 21 heavy (non-hydrogen) atoms. The largest absolute Gasteiger partial charge is 0.361 e. The van der Waals surface area contributed by atoms with Crippen LogP contribution >= 0.6 is 0 Å². The molecule has 2 aromatic heterocycles. The van der Waals surface area contributed by atoms with Gasteiger partial charge in [0.2, 0.25) is 0 Å². The van der Waals surface area contributed by atoms with E-state index in [1.807, 2.05) is 0 Å². The van der Waals surface area contributed by atoms with Gasteiger partial charge in [0.15, 0.2) is 0 Å². The van der Waals surface area contributed by atoms with Gasteiger partial charge in [0.1, 0.15) is 6.33 Å². The Balaban J connectivity index is 2.14. The van der Waals surface area contributed by atoms with E-state index in [0.29, 0.717) is 0 Å². The van der Waals surface area contributed by atoms with Crippen LogP contribution in [0.1, 0.15) is 0 Å². The maximum Gasteiger partial charge on any atom is 0.116 e. The highest BCUT2D eigenvalue weighted by molar-refractivity contribution is 6.22. The van der Waals surface area contributed by atoms with Gasteiger partial charge < -0.3 is 4.98 Å². The lowest BCUT2D eigenvalue weighted by Gasteiger charge is -2.08. The van der Waals surface area contributed by atoms with Crippen molar-refractivity contribution in [1.29, 1.82) is 0 Å². The van der Waals surface area contributed by atoms with Crippen LogP contribution in [-0.2, 0) is 0 Å². The number of hydrogen-bond donors (Lipinski definition) is 1. The number of aromatic nitrogens is 3. The zero-order valence-corrected chi connectivity index (χ0v) is 11.2. The van der Waals surface area contributed by atoms with Crippen LogP contribution in [0.15, 0.2) is 61.1 Å². The first-order chi connectivity index (χ1) is 10.4. The first-order valence-corrected chi connectivity index (χ1v) is 6.94. The summed E-state index contributed by atoms with van der Waals surface area (Å²) in [6.07, 6.45) is 3.70. The molecule has 2 heterocycles. The Morgan fingerprint density at radius 2 is 1.67 bits per heavy atom. The van der Waals surface area contributed by atoms with Crippen molar-refractivity contribution >= 4 is 43.5 Å². The van der Waals surface area contributed by atoms with E-state index in [-0.39, 0.29) is 0 Å². The van der Waals surface area contributed by atoms with Crippen molar-refractivity contribution < 1.29 is 0 Å². The van der Waals surface area contributed by atoms with Gasteiger partial charge in [0.25, 0.3) is 0 Å². The molecule has 1 N–H and O–H groups in total. The Kier molecular flexibility index (Phi) is 1.95. The number of imidazole rings is 1. The van der Waals surface area contributed by atoms with Crippen LogP contribution in [0.2, 0.25) is 0 Å². The lowest BCUT2D eigenvalue weighted by molar-refractivity contribution is 1.35. The molecule has 0 atom stereocenters. The summed E-state index contributed by atoms with van der Waals surface area (Å²) in [6.45, 7) is 0. The summed E-state index contributed by atoms with van der Waals surface area (Å²) in [7, 11) is 0. The standard InChI is InChI=1S/C18H11N3/c1-2-4-15-14(3-1)17-11(9-19-15)5-6-13-12(17)7-8-16-18(13)21-10-20-16/h1-10,19H. The number of para-hydroxylation sites is 1. The van der Waals surface area contributed by atoms with Crippen molar-refractivity contribution in [2.75, 3.05) is 0 Å². The molecule has 0 saturated carbocycles. The second-order valence-electron chi connectivity index (χ2n) is 5.27. The summed E-state index contributed by atoms with van der Waals surface area (Å²) in [5.41, 5.74) is 3.08. The SMILES string of the molecule is c1ccc2c(c1)[nH]cc1ccc3c(ccc4ncnc43)c12. The minimum Gasteiger partial charge on any atom is -0.361 e. The Morgan fingerprint density at radius 1 is 0.762 bits per heavy atom.